The van der Waals surface area contributed by atoms with Crippen molar-refractivity contribution in [2.75, 3.05) is 6.54 Å². The summed E-state index contributed by atoms with van der Waals surface area (Å²) < 4.78 is 1.87. The molecule has 4 nitrogen and oxygen atoms in total. The van der Waals surface area contributed by atoms with E-state index in [-0.39, 0.29) is 0 Å². The first kappa shape index (κ1) is 14.4. The van der Waals surface area contributed by atoms with Gasteiger partial charge in [0.1, 0.15) is 6.33 Å². The van der Waals surface area contributed by atoms with Crippen molar-refractivity contribution in [3.05, 3.63) is 35.1 Å². The monoisotopic (exact) mass is 296 g/mol. The van der Waals surface area contributed by atoms with Gasteiger partial charge in [0, 0.05) is 18.5 Å². The second-order valence-electron chi connectivity index (χ2n) is 4.27. The predicted molar refractivity (Wildman–Crippen MR) is 78.6 cm³/mol. The van der Waals surface area contributed by atoms with Crippen LogP contribution in [0, 0.1) is 0 Å². The second kappa shape index (κ2) is 6.93. The molecule has 2 rings (SSSR count). The Kier molecular flexibility index (Phi) is 5.24. The van der Waals surface area contributed by atoms with E-state index in [0.29, 0.717) is 0 Å². The lowest BCUT2D eigenvalue weighted by molar-refractivity contribution is 0.675. The van der Waals surface area contributed by atoms with Gasteiger partial charge in [-0.05, 0) is 42.4 Å². The molecular formula is C13H17ClN4S. The first-order chi connectivity index (χ1) is 9.20. The van der Waals surface area contributed by atoms with E-state index in [2.05, 4.69) is 28.5 Å². The summed E-state index contributed by atoms with van der Waals surface area (Å²) in [5.74, 6) is 0. The van der Waals surface area contributed by atoms with E-state index in [1.54, 1.807) is 6.33 Å². The van der Waals surface area contributed by atoms with Crippen LogP contribution in [0.25, 0.3) is 0 Å². The van der Waals surface area contributed by atoms with E-state index in [4.69, 9.17) is 11.6 Å². The van der Waals surface area contributed by atoms with Gasteiger partial charge in [-0.2, -0.15) is 0 Å². The molecule has 0 unspecified atom stereocenters. The number of hydrogen-bond acceptors (Lipinski definition) is 4. The lowest BCUT2D eigenvalue weighted by Gasteiger charge is -2.07. The molecule has 6 heteroatoms. The molecule has 0 saturated heterocycles. The van der Waals surface area contributed by atoms with Crippen molar-refractivity contribution in [2.45, 2.75) is 29.9 Å². The maximum atomic E-state index is 6.31. The van der Waals surface area contributed by atoms with E-state index >= 15 is 0 Å². The highest BCUT2D eigenvalue weighted by Gasteiger charge is 2.08. The Bertz CT molecular complexity index is 541. The molecule has 19 heavy (non-hydrogen) atoms. The molecule has 0 fully saturated rings. The summed E-state index contributed by atoms with van der Waals surface area (Å²) in [6.45, 7) is 4.02. The van der Waals surface area contributed by atoms with Crippen LogP contribution in [0.4, 0.5) is 0 Å². The first-order valence-electron chi connectivity index (χ1n) is 6.21. The maximum absolute atomic E-state index is 6.31. The topological polar surface area (TPSA) is 42.7 Å². The van der Waals surface area contributed by atoms with Gasteiger partial charge >= 0.3 is 0 Å². The van der Waals surface area contributed by atoms with Crippen LogP contribution in [-0.4, -0.2) is 21.3 Å². The number of rotatable bonds is 6. The van der Waals surface area contributed by atoms with Gasteiger partial charge in [-0.1, -0.05) is 24.6 Å². The molecule has 0 aliphatic rings. The quantitative estimate of drug-likeness (QED) is 0.832. The van der Waals surface area contributed by atoms with Crippen molar-refractivity contribution in [1.82, 2.24) is 20.1 Å². The molecule has 0 spiro atoms. The number of benzene rings is 1. The largest absolute Gasteiger partial charge is 0.313 e. The molecule has 1 aromatic heterocycles. The SMILES string of the molecule is CCCNCc1ccc(Sc2nncn2C)c(Cl)c1. The summed E-state index contributed by atoms with van der Waals surface area (Å²) in [7, 11) is 1.92. The van der Waals surface area contributed by atoms with Crippen LogP contribution in [-0.2, 0) is 13.6 Å². The molecule has 102 valence electrons. The minimum atomic E-state index is 0.754. The molecular weight excluding hydrogens is 280 g/mol. The van der Waals surface area contributed by atoms with Crippen molar-refractivity contribution in [3.8, 4) is 0 Å². The van der Waals surface area contributed by atoms with Crippen molar-refractivity contribution in [3.63, 3.8) is 0 Å². The lowest BCUT2D eigenvalue weighted by atomic mass is 10.2. The summed E-state index contributed by atoms with van der Waals surface area (Å²) in [6.07, 6.45) is 2.81. The Morgan fingerprint density at radius 3 is 2.89 bits per heavy atom. The van der Waals surface area contributed by atoms with Crippen LogP contribution in [0.5, 0.6) is 0 Å². The Morgan fingerprint density at radius 1 is 1.42 bits per heavy atom. The molecule has 0 atom stereocenters. The van der Waals surface area contributed by atoms with Crippen LogP contribution in [0.15, 0.2) is 34.6 Å². The van der Waals surface area contributed by atoms with Crippen molar-refractivity contribution in [2.24, 2.45) is 7.05 Å². The van der Waals surface area contributed by atoms with Crippen LogP contribution >= 0.6 is 23.4 Å². The molecule has 0 aliphatic heterocycles. The highest BCUT2D eigenvalue weighted by molar-refractivity contribution is 7.99. The number of aryl methyl sites for hydroxylation is 1. The Morgan fingerprint density at radius 2 is 2.26 bits per heavy atom. The zero-order valence-electron chi connectivity index (χ0n) is 11.1. The van der Waals surface area contributed by atoms with Gasteiger partial charge in [-0.15, -0.1) is 10.2 Å². The third-order valence-electron chi connectivity index (χ3n) is 2.62. The van der Waals surface area contributed by atoms with Crippen LogP contribution in [0.1, 0.15) is 18.9 Å². The zero-order chi connectivity index (χ0) is 13.7. The fourth-order valence-corrected chi connectivity index (χ4v) is 2.70. The first-order valence-corrected chi connectivity index (χ1v) is 7.41. The van der Waals surface area contributed by atoms with E-state index in [1.807, 2.05) is 23.7 Å². The average molecular weight is 297 g/mol. The van der Waals surface area contributed by atoms with Gasteiger partial charge in [0.15, 0.2) is 5.16 Å². The van der Waals surface area contributed by atoms with Crippen LogP contribution < -0.4 is 5.32 Å². The highest BCUT2D eigenvalue weighted by Crippen LogP contribution is 2.32. The van der Waals surface area contributed by atoms with Gasteiger partial charge < -0.3 is 9.88 Å². The summed E-state index contributed by atoms with van der Waals surface area (Å²) in [5.41, 5.74) is 1.20. The maximum Gasteiger partial charge on any atom is 0.195 e. The Balaban J connectivity index is 2.05. The summed E-state index contributed by atoms with van der Waals surface area (Å²) in [6, 6.07) is 6.13. The van der Waals surface area contributed by atoms with Gasteiger partial charge in [0.25, 0.3) is 0 Å². The summed E-state index contributed by atoms with van der Waals surface area (Å²) in [5, 5.41) is 12.8. The number of halogens is 1. The standard InChI is InChI=1S/C13H17ClN4S/c1-3-6-15-8-10-4-5-12(11(14)7-10)19-13-17-16-9-18(13)2/h4-5,7,9,15H,3,6,8H2,1-2H3. The molecule has 0 radical (unpaired) electrons. The van der Waals surface area contributed by atoms with Gasteiger partial charge in [-0.25, -0.2) is 0 Å². The predicted octanol–water partition coefficient (Wildman–Crippen LogP) is 3.12. The number of hydrogen-bond donors (Lipinski definition) is 1. The minimum absolute atomic E-state index is 0.754. The van der Waals surface area contributed by atoms with Crippen LogP contribution in [0.2, 0.25) is 5.02 Å². The molecule has 2 aromatic rings. The molecule has 1 N–H and O–H groups in total. The number of aromatic nitrogens is 3. The van der Waals surface area contributed by atoms with E-state index < -0.39 is 0 Å². The molecule has 1 heterocycles. The molecule has 1 aromatic carbocycles. The number of nitrogens with one attached hydrogen (secondary N) is 1. The van der Waals surface area contributed by atoms with Gasteiger partial charge in [0.05, 0.1) is 5.02 Å². The fraction of sp³-hybridized carbons (Fsp3) is 0.385. The molecule has 0 bridgehead atoms. The van der Waals surface area contributed by atoms with E-state index in [1.165, 1.54) is 17.3 Å². The second-order valence-corrected chi connectivity index (χ2v) is 5.68. The van der Waals surface area contributed by atoms with E-state index in [0.717, 1.165) is 34.6 Å². The van der Waals surface area contributed by atoms with Gasteiger partial charge in [0.2, 0.25) is 0 Å². The molecule has 0 saturated carbocycles. The number of nitrogens with zero attached hydrogens (tertiary/aromatic N) is 3. The van der Waals surface area contributed by atoms with Crippen LogP contribution in [0.3, 0.4) is 0 Å². The fourth-order valence-electron chi connectivity index (χ4n) is 1.61. The lowest BCUT2D eigenvalue weighted by Crippen LogP contribution is -2.13. The normalized spacial score (nSPS) is 10.9. The molecule has 0 aliphatic carbocycles. The van der Waals surface area contributed by atoms with Crippen molar-refractivity contribution in [1.29, 1.82) is 0 Å². The molecule has 0 amide bonds. The summed E-state index contributed by atoms with van der Waals surface area (Å²) >= 11 is 7.83. The zero-order valence-corrected chi connectivity index (χ0v) is 12.6. The third kappa shape index (κ3) is 3.96. The summed E-state index contributed by atoms with van der Waals surface area (Å²) in [4.78, 5) is 0.997. The third-order valence-corrected chi connectivity index (χ3v) is 4.18. The van der Waals surface area contributed by atoms with Crippen molar-refractivity contribution < 1.29 is 0 Å². The van der Waals surface area contributed by atoms with E-state index in [9.17, 15) is 0 Å². The average Bonchev–Trinajstić information content (AvgIpc) is 2.79. The van der Waals surface area contributed by atoms with Crippen molar-refractivity contribution >= 4 is 23.4 Å². The Labute approximate surface area is 122 Å². The Hall–Kier alpha value is -1.04. The smallest absolute Gasteiger partial charge is 0.195 e. The minimum Gasteiger partial charge on any atom is -0.313 e. The highest BCUT2D eigenvalue weighted by atomic mass is 35.5. The van der Waals surface area contributed by atoms with Gasteiger partial charge in [-0.3, -0.25) is 0 Å².